The molecule has 0 amide bonds. The highest BCUT2D eigenvalue weighted by Crippen LogP contribution is 2.21. The first kappa shape index (κ1) is 12.9. The van der Waals surface area contributed by atoms with Gasteiger partial charge in [0.1, 0.15) is 7.85 Å². The van der Waals surface area contributed by atoms with Crippen LogP contribution in [0.3, 0.4) is 0 Å². The lowest BCUT2D eigenvalue weighted by Gasteiger charge is -2.22. The lowest BCUT2D eigenvalue weighted by molar-refractivity contribution is -0.112. The van der Waals surface area contributed by atoms with Gasteiger partial charge in [0.25, 0.3) is 0 Å². The third kappa shape index (κ3) is 3.49. The van der Waals surface area contributed by atoms with Gasteiger partial charge in [-0.1, -0.05) is 23.2 Å². The maximum atomic E-state index is 11.1. The van der Waals surface area contributed by atoms with Crippen LogP contribution in [0.5, 0.6) is 0 Å². The van der Waals surface area contributed by atoms with Gasteiger partial charge < -0.3 is 4.90 Å². The van der Waals surface area contributed by atoms with Crippen LogP contribution in [0.4, 0.5) is 5.69 Å². The summed E-state index contributed by atoms with van der Waals surface area (Å²) in [7, 11) is 2.11. The highest BCUT2D eigenvalue weighted by Gasteiger charge is 2.12. The number of anilines is 1. The number of carbonyl (C=O) groups is 1. The lowest BCUT2D eigenvalue weighted by atomic mass is 9.96. The number of ketones is 1. The molecule has 0 aliphatic carbocycles. The molecule has 1 fully saturated rings. The van der Waals surface area contributed by atoms with E-state index in [1.165, 1.54) is 16.7 Å². The van der Waals surface area contributed by atoms with Crippen molar-refractivity contribution in [2.24, 2.45) is 0 Å². The second kappa shape index (κ2) is 5.90. The fraction of sp³-hybridized carbons (Fsp3) is 0.400. The van der Waals surface area contributed by atoms with E-state index in [0.29, 0.717) is 0 Å². The van der Waals surface area contributed by atoms with Crippen molar-refractivity contribution in [3.8, 4) is 0 Å². The van der Waals surface area contributed by atoms with E-state index in [0.717, 1.165) is 32.4 Å². The Morgan fingerprint density at radius 3 is 2.61 bits per heavy atom. The summed E-state index contributed by atoms with van der Waals surface area (Å²) in [6.45, 7) is 3.73. The molecule has 0 bridgehead atoms. The fourth-order valence-electron chi connectivity index (χ4n) is 2.46. The third-order valence-corrected chi connectivity index (χ3v) is 3.44. The van der Waals surface area contributed by atoms with Crippen LogP contribution >= 0.6 is 0 Å². The fourth-order valence-corrected chi connectivity index (χ4v) is 2.46. The van der Waals surface area contributed by atoms with Gasteiger partial charge in [0, 0.05) is 18.8 Å². The zero-order valence-corrected chi connectivity index (χ0v) is 11.3. The largest absolute Gasteiger partial charge is 0.371 e. The Labute approximate surface area is 110 Å². The van der Waals surface area contributed by atoms with Gasteiger partial charge in [0.15, 0.2) is 5.78 Å². The molecule has 1 aromatic carbocycles. The van der Waals surface area contributed by atoms with Gasteiger partial charge in [-0.05, 0) is 44.4 Å². The zero-order chi connectivity index (χ0) is 13.0. The maximum absolute atomic E-state index is 11.1. The van der Waals surface area contributed by atoms with Crippen LogP contribution in [0, 0.1) is 0 Å². The normalized spacial score (nSPS) is 18.7. The van der Waals surface area contributed by atoms with E-state index in [1.807, 2.05) is 6.08 Å². The molecule has 0 spiro atoms. The van der Waals surface area contributed by atoms with Crippen LogP contribution in [-0.4, -0.2) is 26.7 Å². The van der Waals surface area contributed by atoms with Crippen molar-refractivity contribution in [3.63, 3.8) is 0 Å². The predicted octanol–water partition coefficient (Wildman–Crippen LogP) is 1.45. The first-order chi connectivity index (χ1) is 8.65. The highest BCUT2D eigenvalue weighted by atomic mass is 16.1. The molecule has 1 saturated heterocycles. The molecule has 1 aliphatic heterocycles. The summed E-state index contributed by atoms with van der Waals surface area (Å²) in [5.41, 5.74) is 3.90. The van der Waals surface area contributed by atoms with Crippen LogP contribution in [0.2, 0.25) is 0 Å². The van der Waals surface area contributed by atoms with Crippen molar-refractivity contribution in [2.75, 3.05) is 18.0 Å². The molecule has 0 aromatic heterocycles. The number of nitrogens with zero attached hydrogens (tertiary/aromatic N) is 1. The first-order valence-corrected chi connectivity index (χ1v) is 6.67. The molecule has 2 nitrogen and oxygen atoms in total. The van der Waals surface area contributed by atoms with E-state index in [-0.39, 0.29) is 5.78 Å². The Balaban J connectivity index is 2.05. The molecule has 0 radical (unpaired) electrons. The summed E-state index contributed by atoms with van der Waals surface area (Å²) in [6, 6.07) is 8.70. The number of carbonyl (C=O) groups excluding carboxylic acids is 1. The van der Waals surface area contributed by atoms with Crippen molar-refractivity contribution in [1.82, 2.24) is 0 Å². The molecular weight excluding hydrogens is 221 g/mol. The summed E-state index contributed by atoms with van der Waals surface area (Å²) in [4.78, 5) is 13.5. The lowest BCUT2D eigenvalue weighted by Crippen LogP contribution is -2.24. The minimum Gasteiger partial charge on any atom is -0.371 e. The monoisotopic (exact) mass is 241 g/mol. The Morgan fingerprint density at radius 1 is 1.22 bits per heavy atom. The molecule has 18 heavy (non-hydrogen) atoms. The van der Waals surface area contributed by atoms with Gasteiger partial charge >= 0.3 is 0 Å². The average Bonchev–Trinajstić information content (AvgIpc) is 2.55. The van der Waals surface area contributed by atoms with Gasteiger partial charge in [-0.3, -0.25) is 4.79 Å². The predicted molar refractivity (Wildman–Crippen MR) is 79.4 cm³/mol. The Bertz CT molecular complexity index is 450. The molecule has 3 heteroatoms. The van der Waals surface area contributed by atoms with E-state index in [1.54, 1.807) is 6.92 Å². The molecule has 0 atom stereocenters. The molecule has 0 N–H and O–H groups in total. The van der Waals surface area contributed by atoms with E-state index < -0.39 is 0 Å². The number of allylic oxidation sites excluding steroid dienone is 1. The summed E-state index contributed by atoms with van der Waals surface area (Å²) >= 11 is 0. The van der Waals surface area contributed by atoms with E-state index in [4.69, 9.17) is 0 Å². The molecule has 0 unspecified atom stereocenters. The summed E-state index contributed by atoms with van der Waals surface area (Å²) in [6.07, 6.45) is 5.01. The van der Waals surface area contributed by atoms with Crippen LogP contribution in [0.15, 0.2) is 35.9 Å². The summed E-state index contributed by atoms with van der Waals surface area (Å²) in [5, 5.41) is 0. The standard InChI is InChI=1S/C15H20BNO/c1-12(18)11-13-3-2-9-17(10-8-13)15-6-4-14(16)5-7-15/h4-7,11H,2-3,8-10,16H2,1H3/b13-11-. The molecule has 0 saturated carbocycles. The van der Waals surface area contributed by atoms with Crippen molar-refractivity contribution in [1.29, 1.82) is 0 Å². The van der Waals surface area contributed by atoms with E-state index in [9.17, 15) is 4.79 Å². The molecule has 2 rings (SSSR count). The molecular formula is C15H20BNO. The van der Waals surface area contributed by atoms with Crippen LogP contribution in [0.25, 0.3) is 0 Å². The van der Waals surface area contributed by atoms with Gasteiger partial charge in [-0.2, -0.15) is 0 Å². The minimum atomic E-state index is 0.175. The Morgan fingerprint density at radius 2 is 1.94 bits per heavy atom. The summed E-state index contributed by atoms with van der Waals surface area (Å²) in [5.74, 6) is 0.175. The second-order valence-corrected chi connectivity index (χ2v) is 5.09. The molecule has 1 aliphatic rings. The van der Waals surface area contributed by atoms with Gasteiger partial charge in [-0.25, -0.2) is 0 Å². The molecule has 1 aromatic rings. The number of rotatable bonds is 2. The van der Waals surface area contributed by atoms with Crippen LogP contribution < -0.4 is 10.4 Å². The second-order valence-electron chi connectivity index (χ2n) is 5.09. The van der Waals surface area contributed by atoms with Crippen LogP contribution in [-0.2, 0) is 4.79 Å². The quantitative estimate of drug-likeness (QED) is 0.577. The summed E-state index contributed by atoms with van der Waals surface area (Å²) < 4.78 is 0. The van der Waals surface area contributed by atoms with E-state index >= 15 is 0 Å². The van der Waals surface area contributed by atoms with Gasteiger partial charge in [0.2, 0.25) is 0 Å². The maximum Gasteiger partial charge on any atom is 0.152 e. The van der Waals surface area contributed by atoms with Crippen molar-refractivity contribution < 1.29 is 4.79 Å². The van der Waals surface area contributed by atoms with Gasteiger partial charge in [0.05, 0.1) is 0 Å². The molecule has 1 heterocycles. The van der Waals surface area contributed by atoms with Crippen molar-refractivity contribution >= 4 is 24.8 Å². The average molecular weight is 241 g/mol. The zero-order valence-electron chi connectivity index (χ0n) is 11.3. The number of hydrogen-bond acceptors (Lipinski definition) is 2. The van der Waals surface area contributed by atoms with E-state index in [2.05, 4.69) is 37.0 Å². The third-order valence-electron chi connectivity index (χ3n) is 3.44. The first-order valence-electron chi connectivity index (χ1n) is 6.67. The van der Waals surface area contributed by atoms with Gasteiger partial charge in [-0.15, -0.1) is 0 Å². The minimum absolute atomic E-state index is 0.175. The Kier molecular flexibility index (Phi) is 4.24. The molecule has 94 valence electrons. The number of benzene rings is 1. The van der Waals surface area contributed by atoms with Crippen molar-refractivity contribution in [2.45, 2.75) is 26.2 Å². The number of hydrogen-bond donors (Lipinski definition) is 0. The topological polar surface area (TPSA) is 20.3 Å². The smallest absolute Gasteiger partial charge is 0.152 e. The Hall–Kier alpha value is -1.51. The van der Waals surface area contributed by atoms with Crippen molar-refractivity contribution in [3.05, 3.63) is 35.9 Å². The van der Waals surface area contributed by atoms with Crippen LogP contribution in [0.1, 0.15) is 26.2 Å². The SMILES string of the molecule is Bc1ccc(N2CCC/C(=C/C(C)=O)CC2)cc1. The highest BCUT2D eigenvalue weighted by molar-refractivity contribution is 6.32.